The van der Waals surface area contributed by atoms with Crippen molar-refractivity contribution in [2.45, 2.75) is 26.8 Å². The summed E-state index contributed by atoms with van der Waals surface area (Å²) < 4.78 is 0. The molecular formula is C23H22N4OS. The van der Waals surface area contributed by atoms with Crippen LogP contribution in [-0.4, -0.2) is 32.8 Å². The van der Waals surface area contributed by atoms with Crippen molar-refractivity contribution in [3.63, 3.8) is 0 Å². The molecule has 0 aliphatic heterocycles. The molecule has 0 aliphatic carbocycles. The Kier molecular flexibility index (Phi) is 5.11. The van der Waals surface area contributed by atoms with Crippen molar-refractivity contribution in [1.29, 1.82) is 0 Å². The minimum absolute atomic E-state index is 0.0398. The first-order valence-corrected chi connectivity index (χ1v) is 10.3. The van der Waals surface area contributed by atoms with E-state index in [9.17, 15) is 4.79 Å². The molecule has 0 bridgehead atoms. The fourth-order valence-electron chi connectivity index (χ4n) is 3.72. The number of aromatic nitrogens is 3. The summed E-state index contributed by atoms with van der Waals surface area (Å²) in [5.74, 6) is 0.682. The van der Waals surface area contributed by atoms with Gasteiger partial charge in [-0.1, -0.05) is 36.4 Å². The van der Waals surface area contributed by atoms with Gasteiger partial charge in [-0.25, -0.2) is 9.97 Å². The average Bonchev–Trinajstić information content (AvgIpc) is 3.05. The molecule has 1 aromatic carbocycles. The largest absolute Gasteiger partial charge is 0.328 e. The third kappa shape index (κ3) is 3.51. The molecule has 1 amide bonds. The maximum Gasteiger partial charge on any atom is 0.264 e. The van der Waals surface area contributed by atoms with Gasteiger partial charge in [-0.2, -0.15) is 0 Å². The zero-order valence-electron chi connectivity index (χ0n) is 16.9. The normalized spacial score (nSPS) is 12.1. The maximum absolute atomic E-state index is 13.6. The van der Waals surface area contributed by atoms with Crippen LogP contribution < -0.4 is 0 Å². The molecule has 4 aromatic rings. The Bertz CT molecular complexity index is 1130. The molecule has 1 unspecified atom stereocenters. The molecule has 146 valence electrons. The van der Waals surface area contributed by atoms with Gasteiger partial charge in [-0.05, 0) is 44.0 Å². The van der Waals surface area contributed by atoms with Gasteiger partial charge < -0.3 is 4.90 Å². The van der Waals surface area contributed by atoms with Crippen LogP contribution in [-0.2, 0) is 0 Å². The molecule has 0 spiro atoms. The fourth-order valence-corrected chi connectivity index (χ4v) is 4.98. The molecule has 0 radical (unpaired) electrons. The van der Waals surface area contributed by atoms with E-state index in [1.54, 1.807) is 11.1 Å². The number of pyridine rings is 1. The second-order valence-corrected chi connectivity index (χ2v) is 8.08. The lowest BCUT2D eigenvalue weighted by Gasteiger charge is -2.28. The van der Waals surface area contributed by atoms with E-state index in [1.165, 1.54) is 11.3 Å². The van der Waals surface area contributed by atoms with Gasteiger partial charge in [0.1, 0.15) is 10.7 Å². The van der Waals surface area contributed by atoms with Crippen LogP contribution in [0.1, 0.15) is 44.1 Å². The molecule has 3 aromatic heterocycles. The van der Waals surface area contributed by atoms with Crippen molar-refractivity contribution in [2.24, 2.45) is 0 Å². The Morgan fingerprint density at radius 1 is 1.00 bits per heavy atom. The fraction of sp³-hybridized carbons (Fsp3) is 0.217. The van der Waals surface area contributed by atoms with Crippen molar-refractivity contribution in [3.05, 3.63) is 87.9 Å². The lowest BCUT2D eigenvalue weighted by Crippen LogP contribution is -2.32. The third-order valence-corrected chi connectivity index (χ3v) is 6.24. The smallest absolute Gasteiger partial charge is 0.264 e. The number of fused-ring (bicyclic) bond motifs is 1. The number of hydrogen-bond donors (Lipinski definition) is 0. The molecule has 5 nitrogen and oxygen atoms in total. The summed E-state index contributed by atoms with van der Waals surface area (Å²) in [5.41, 5.74) is 3.70. The molecule has 1 atom stereocenters. The highest BCUT2D eigenvalue weighted by Gasteiger charge is 2.28. The predicted octanol–water partition coefficient (Wildman–Crippen LogP) is 4.87. The number of carbonyl (C=O) groups excluding carboxylic acids is 1. The van der Waals surface area contributed by atoms with Gasteiger partial charge in [0, 0.05) is 24.3 Å². The first-order chi connectivity index (χ1) is 14.0. The van der Waals surface area contributed by atoms with E-state index in [2.05, 4.69) is 15.0 Å². The minimum Gasteiger partial charge on any atom is -0.328 e. The summed E-state index contributed by atoms with van der Waals surface area (Å²) >= 11 is 1.43. The number of hydrogen-bond acceptors (Lipinski definition) is 5. The van der Waals surface area contributed by atoms with Crippen LogP contribution >= 0.6 is 11.3 Å². The zero-order valence-corrected chi connectivity index (χ0v) is 17.7. The standard InChI is InChI=1S/C23H22N4OS/c1-14-19-15(2)25-16(3)26-22(19)29-21(14)23(28)27(4)20(17-10-6-5-7-11-17)18-12-8-9-13-24-18/h5-13,20H,1-4H3. The van der Waals surface area contributed by atoms with Crippen LogP contribution in [0.3, 0.4) is 0 Å². The molecule has 0 aliphatic rings. The highest BCUT2D eigenvalue weighted by molar-refractivity contribution is 7.20. The van der Waals surface area contributed by atoms with Crippen LogP contribution in [0.5, 0.6) is 0 Å². The Morgan fingerprint density at radius 3 is 2.41 bits per heavy atom. The first kappa shape index (κ1) is 19.2. The second kappa shape index (κ2) is 7.72. The number of nitrogens with zero attached hydrogens (tertiary/aromatic N) is 4. The zero-order chi connectivity index (χ0) is 20.5. The van der Waals surface area contributed by atoms with E-state index in [0.29, 0.717) is 4.88 Å². The van der Waals surface area contributed by atoms with Crippen molar-refractivity contribution < 1.29 is 4.79 Å². The molecule has 6 heteroatoms. The molecule has 0 saturated carbocycles. The summed E-state index contributed by atoms with van der Waals surface area (Å²) in [4.78, 5) is 30.5. The number of rotatable bonds is 4. The summed E-state index contributed by atoms with van der Waals surface area (Å²) in [6.07, 6.45) is 1.76. The van der Waals surface area contributed by atoms with E-state index in [4.69, 9.17) is 0 Å². The number of aryl methyl sites for hydroxylation is 3. The Balaban J connectivity index is 1.80. The maximum atomic E-state index is 13.6. The Hall–Kier alpha value is -3.12. The lowest BCUT2D eigenvalue weighted by molar-refractivity contribution is 0.0757. The van der Waals surface area contributed by atoms with E-state index in [0.717, 1.165) is 38.6 Å². The molecule has 0 fully saturated rings. The van der Waals surface area contributed by atoms with Crippen molar-refractivity contribution in [1.82, 2.24) is 19.9 Å². The average molecular weight is 403 g/mol. The topological polar surface area (TPSA) is 59.0 Å². The van der Waals surface area contributed by atoms with E-state index in [-0.39, 0.29) is 11.9 Å². The SMILES string of the molecule is Cc1nc(C)c2c(C)c(C(=O)N(C)C(c3ccccc3)c3ccccn3)sc2n1. The number of amides is 1. The van der Waals surface area contributed by atoms with Gasteiger partial charge in [-0.15, -0.1) is 11.3 Å². The summed E-state index contributed by atoms with van der Waals surface area (Å²) in [6.45, 7) is 5.82. The summed E-state index contributed by atoms with van der Waals surface area (Å²) in [7, 11) is 1.84. The third-order valence-electron chi connectivity index (χ3n) is 5.07. The minimum atomic E-state index is -0.275. The second-order valence-electron chi connectivity index (χ2n) is 7.08. The monoisotopic (exact) mass is 402 g/mol. The summed E-state index contributed by atoms with van der Waals surface area (Å²) in [5, 5.41) is 0.978. The van der Waals surface area contributed by atoms with Gasteiger partial charge in [0.15, 0.2) is 0 Å². The van der Waals surface area contributed by atoms with Crippen LogP contribution in [0, 0.1) is 20.8 Å². The van der Waals surface area contributed by atoms with Crippen LogP contribution in [0.25, 0.3) is 10.2 Å². The number of thiophene rings is 1. The van der Waals surface area contributed by atoms with E-state index >= 15 is 0 Å². The number of carbonyl (C=O) groups is 1. The molecule has 0 N–H and O–H groups in total. The first-order valence-electron chi connectivity index (χ1n) is 9.44. The summed E-state index contributed by atoms with van der Waals surface area (Å²) in [6, 6.07) is 15.5. The predicted molar refractivity (Wildman–Crippen MR) is 116 cm³/mol. The van der Waals surface area contributed by atoms with Crippen molar-refractivity contribution in [2.75, 3.05) is 7.05 Å². The van der Waals surface area contributed by atoms with Crippen LogP contribution in [0.15, 0.2) is 54.7 Å². The number of benzene rings is 1. The molecule has 4 rings (SSSR count). The highest BCUT2D eigenvalue weighted by Crippen LogP contribution is 2.34. The molecule has 0 saturated heterocycles. The van der Waals surface area contributed by atoms with Crippen molar-refractivity contribution in [3.8, 4) is 0 Å². The van der Waals surface area contributed by atoms with E-state index < -0.39 is 0 Å². The van der Waals surface area contributed by atoms with Crippen molar-refractivity contribution >= 4 is 27.5 Å². The molecular weight excluding hydrogens is 380 g/mol. The van der Waals surface area contributed by atoms with Gasteiger partial charge in [0.05, 0.1) is 16.6 Å². The van der Waals surface area contributed by atoms with Gasteiger partial charge in [-0.3, -0.25) is 9.78 Å². The van der Waals surface area contributed by atoms with E-state index in [1.807, 2.05) is 76.3 Å². The Labute approximate surface area is 174 Å². The Morgan fingerprint density at radius 2 is 1.72 bits per heavy atom. The molecule has 29 heavy (non-hydrogen) atoms. The van der Waals surface area contributed by atoms with Gasteiger partial charge in [0.2, 0.25) is 0 Å². The quantitative estimate of drug-likeness (QED) is 0.488. The van der Waals surface area contributed by atoms with Gasteiger partial charge >= 0.3 is 0 Å². The molecule has 3 heterocycles. The van der Waals surface area contributed by atoms with Crippen LogP contribution in [0.4, 0.5) is 0 Å². The van der Waals surface area contributed by atoms with Gasteiger partial charge in [0.25, 0.3) is 5.91 Å². The highest BCUT2D eigenvalue weighted by atomic mass is 32.1. The lowest BCUT2D eigenvalue weighted by atomic mass is 10.0. The van der Waals surface area contributed by atoms with Crippen LogP contribution in [0.2, 0.25) is 0 Å².